The van der Waals surface area contributed by atoms with Gasteiger partial charge < -0.3 is 15.3 Å². The molecule has 0 heterocycles. The predicted molar refractivity (Wildman–Crippen MR) is 61.8 cm³/mol. The molecule has 0 saturated carbocycles. The highest BCUT2D eigenvalue weighted by Gasteiger charge is 2.26. The van der Waals surface area contributed by atoms with Crippen LogP contribution >= 0.6 is 0 Å². The van der Waals surface area contributed by atoms with E-state index in [1.807, 2.05) is 0 Å². The number of rotatable bonds is 4. The molecule has 0 aliphatic carbocycles. The molecule has 16 heavy (non-hydrogen) atoms. The summed E-state index contributed by atoms with van der Waals surface area (Å²) in [6.45, 7) is 7.20. The van der Waals surface area contributed by atoms with Crippen molar-refractivity contribution >= 4 is 11.8 Å². The van der Waals surface area contributed by atoms with Crippen LogP contribution in [-0.2, 0) is 9.59 Å². The van der Waals surface area contributed by atoms with Crippen molar-refractivity contribution in [3.63, 3.8) is 0 Å². The first-order chi connectivity index (χ1) is 7.20. The molecular formula is C11H22N2O3. The van der Waals surface area contributed by atoms with Crippen LogP contribution in [0.25, 0.3) is 0 Å². The lowest BCUT2D eigenvalue weighted by molar-refractivity contribution is -0.137. The Morgan fingerprint density at radius 2 is 1.88 bits per heavy atom. The van der Waals surface area contributed by atoms with E-state index in [0.29, 0.717) is 0 Å². The number of amides is 2. The van der Waals surface area contributed by atoms with E-state index in [9.17, 15) is 9.59 Å². The minimum atomic E-state index is -0.566. The minimum absolute atomic E-state index is 0.0812. The molecule has 5 nitrogen and oxygen atoms in total. The monoisotopic (exact) mass is 230 g/mol. The zero-order valence-electron chi connectivity index (χ0n) is 10.7. The molecule has 2 amide bonds. The second-order valence-electron chi connectivity index (χ2n) is 4.93. The average molecular weight is 230 g/mol. The van der Waals surface area contributed by atoms with Gasteiger partial charge in [0.2, 0.25) is 11.8 Å². The van der Waals surface area contributed by atoms with Gasteiger partial charge in [-0.1, -0.05) is 20.8 Å². The summed E-state index contributed by atoms with van der Waals surface area (Å²) in [4.78, 5) is 24.7. The number of carbonyl (C=O) groups is 2. The predicted octanol–water partition coefficient (Wildman–Crippen LogP) is -0.0121. The molecule has 0 aromatic rings. The fourth-order valence-corrected chi connectivity index (χ4v) is 1.07. The van der Waals surface area contributed by atoms with Crippen LogP contribution < -0.4 is 5.32 Å². The molecule has 1 atom stereocenters. The van der Waals surface area contributed by atoms with Crippen molar-refractivity contribution in [2.24, 2.45) is 5.41 Å². The Kier molecular flexibility index (Phi) is 5.44. The Morgan fingerprint density at radius 3 is 2.25 bits per heavy atom. The first kappa shape index (κ1) is 14.9. The fraction of sp³-hybridized carbons (Fsp3) is 0.818. The third-order valence-electron chi connectivity index (χ3n) is 2.21. The fourth-order valence-electron chi connectivity index (χ4n) is 1.07. The highest BCUT2D eigenvalue weighted by atomic mass is 16.3. The van der Waals surface area contributed by atoms with Crippen LogP contribution in [-0.4, -0.2) is 48.1 Å². The third-order valence-corrected chi connectivity index (χ3v) is 2.21. The summed E-state index contributed by atoms with van der Waals surface area (Å²) in [5.41, 5.74) is -0.510. The van der Waals surface area contributed by atoms with Gasteiger partial charge in [-0.05, 0) is 6.92 Å². The molecule has 0 spiro atoms. The van der Waals surface area contributed by atoms with E-state index in [1.165, 1.54) is 4.90 Å². The second-order valence-corrected chi connectivity index (χ2v) is 4.93. The number of carbonyl (C=O) groups excluding carboxylic acids is 2. The molecule has 94 valence electrons. The molecule has 1 unspecified atom stereocenters. The highest BCUT2D eigenvalue weighted by molar-refractivity contribution is 5.89. The van der Waals surface area contributed by atoms with Gasteiger partial charge in [0, 0.05) is 19.0 Å². The summed E-state index contributed by atoms with van der Waals surface area (Å²) >= 11 is 0. The van der Waals surface area contributed by atoms with Gasteiger partial charge in [-0.15, -0.1) is 0 Å². The van der Waals surface area contributed by atoms with E-state index in [1.54, 1.807) is 34.7 Å². The van der Waals surface area contributed by atoms with E-state index >= 15 is 0 Å². The third kappa shape index (κ3) is 4.61. The maximum absolute atomic E-state index is 11.7. The zero-order valence-corrected chi connectivity index (χ0v) is 10.7. The number of hydrogen-bond acceptors (Lipinski definition) is 3. The molecule has 0 aromatic heterocycles. The van der Waals surface area contributed by atoms with Crippen molar-refractivity contribution < 1.29 is 14.7 Å². The quantitative estimate of drug-likeness (QED) is 0.713. The maximum Gasteiger partial charge on any atom is 0.244 e. The molecule has 0 aliphatic heterocycles. The lowest BCUT2D eigenvalue weighted by Gasteiger charge is -2.24. The van der Waals surface area contributed by atoms with Crippen molar-refractivity contribution in [2.75, 3.05) is 20.2 Å². The Bertz CT molecular complexity index is 258. The number of likely N-dealkylation sites (N-methyl/N-ethyl adjacent to an activating group) is 1. The topological polar surface area (TPSA) is 69.6 Å². The smallest absolute Gasteiger partial charge is 0.244 e. The van der Waals surface area contributed by atoms with E-state index in [2.05, 4.69) is 5.32 Å². The molecule has 0 saturated heterocycles. The lowest BCUT2D eigenvalue weighted by Crippen LogP contribution is -2.49. The van der Waals surface area contributed by atoms with E-state index in [-0.39, 0.29) is 25.0 Å². The van der Waals surface area contributed by atoms with Crippen LogP contribution in [0.3, 0.4) is 0 Å². The van der Waals surface area contributed by atoms with Gasteiger partial charge in [-0.2, -0.15) is 0 Å². The number of nitrogens with one attached hydrogen (secondary N) is 1. The number of hydrogen-bond donors (Lipinski definition) is 2. The average Bonchev–Trinajstić information content (AvgIpc) is 2.15. The molecule has 2 N–H and O–H groups in total. The van der Waals surface area contributed by atoms with Crippen LogP contribution in [0.5, 0.6) is 0 Å². The Hall–Kier alpha value is -1.10. The van der Waals surface area contributed by atoms with Gasteiger partial charge in [0.25, 0.3) is 0 Å². The summed E-state index contributed by atoms with van der Waals surface area (Å²) in [5.74, 6) is -0.364. The summed E-state index contributed by atoms with van der Waals surface area (Å²) < 4.78 is 0. The van der Waals surface area contributed by atoms with Crippen LogP contribution in [0.4, 0.5) is 0 Å². The second kappa shape index (κ2) is 5.84. The van der Waals surface area contributed by atoms with Gasteiger partial charge >= 0.3 is 0 Å². The van der Waals surface area contributed by atoms with Crippen molar-refractivity contribution in [2.45, 2.75) is 33.7 Å². The normalized spacial score (nSPS) is 13.1. The van der Waals surface area contributed by atoms with Crippen molar-refractivity contribution in [3.8, 4) is 0 Å². The molecule has 0 rings (SSSR count). The SMILES string of the molecule is CC(NC(=O)C(C)(C)C)C(=O)N(C)CCO. The van der Waals surface area contributed by atoms with E-state index in [4.69, 9.17) is 5.11 Å². The van der Waals surface area contributed by atoms with Gasteiger partial charge in [-0.3, -0.25) is 9.59 Å². The molecule has 0 aliphatic rings. The van der Waals surface area contributed by atoms with Crippen molar-refractivity contribution in [3.05, 3.63) is 0 Å². The first-order valence-electron chi connectivity index (χ1n) is 5.37. The van der Waals surface area contributed by atoms with E-state index < -0.39 is 11.5 Å². The maximum atomic E-state index is 11.7. The van der Waals surface area contributed by atoms with Crippen molar-refractivity contribution in [1.29, 1.82) is 0 Å². The van der Waals surface area contributed by atoms with Gasteiger partial charge in [-0.25, -0.2) is 0 Å². The summed E-state index contributed by atoms with van der Waals surface area (Å²) in [6.07, 6.45) is 0. The summed E-state index contributed by atoms with van der Waals surface area (Å²) in [7, 11) is 1.60. The van der Waals surface area contributed by atoms with Crippen molar-refractivity contribution in [1.82, 2.24) is 10.2 Å². The Balaban J connectivity index is 4.31. The van der Waals surface area contributed by atoms with Gasteiger partial charge in [0.1, 0.15) is 6.04 Å². The summed E-state index contributed by atoms with van der Waals surface area (Å²) in [5, 5.41) is 11.3. The van der Waals surface area contributed by atoms with Crippen LogP contribution in [0.15, 0.2) is 0 Å². The largest absolute Gasteiger partial charge is 0.395 e. The molecule has 0 radical (unpaired) electrons. The molecule has 0 aromatic carbocycles. The zero-order chi connectivity index (χ0) is 12.9. The Labute approximate surface area is 96.8 Å². The molecule has 0 bridgehead atoms. The highest BCUT2D eigenvalue weighted by Crippen LogP contribution is 2.12. The number of aliphatic hydroxyl groups is 1. The number of nitrogens with zero attached hydrogens (tertiary/aromatic N) is 1. The van der Waals surface area contributed by atoms with E-state index in [0.717, 1.165) is 0 Å². The number of aliphatic hydroxyl groups excluding tert-OH is 1. The lowest BCUT2D eigenvalue weighted by atomic mass is 9.95. The van der Waals surface area contributed by atoms with Crippen LogP contribution in [0.2, 0.25) is 0 Å². The van der Waals surface area contributed by atoms with Crippen LogP contribution in [0, 0.1) is 5.41 Å². The van der Waals surface area contributed by atoms with Gasteiger partial charge in [0.15, 0.2) is 0 Å². The molecule has 0 fully saturated rings. The Morgan fingerprint density at radius 1 is 1.38 bits per heavy atom. The summed E-state index contributed by atoms with van der Waals surface area (Å²) in [6, 6.07) is -0.566. The first-order valence-corrected chi connectivity index (χ1v) is 5.37. The van der Waals surface area contributed by atoms with Crippen LogP contribution in [0.1, 0.15) is 27.7 Å². The van der Waals surface area contributed by atoms with Gasteiger partial charge in [0.05, 0.1) is 6.61 Å². The molecular weight excluding hydrogens is 208 g/mol. The molecule has 5 heteroatoms. The minimum Gasteiger partial charge on any atom is -0.395 e. The standard InChI is InChI=1S/C11H22N2O3/c1-8(9(15)13(5)6-7-14)12-10(16)11(2,3)4/h8,14H,6-7H2,1-5H3,(H,12,16).